The van der Waals surface area contributed by atoms with Crippen LogP contribution < -0.4 is 20.3 Å². The van der Waals surface area contributed by atoms with Gasteiger partial charge in [-0.15, -0.1) is 0 Å². The summed E-state index contributed by atoms with van der Waals surface area (Å²) < 4.78 is 12.7. The van der Waals surface area contributed by atoms with Gasteiger partial charge in [-0.1, -0.05) is 13.8 Å². The van der Waals surface area contributed by atoms with Crippen molar-refractivity contribution >= 4 is 29.1 Å². The van der Waals surface area contributed by atoms with Crippen LogP contribution >= 0.6 is 0 Å². The lowest BCUT2D eigenvalue weighted by Gasteiger charge is -2.34. The molecule has 4 heterocycles. The smallest absolute Gasteiger partial charge is 0.277 e. The average molecular weight is 544 g/mol. The molecular weight excluding hydrogens is 510 g/mol. The van der Waals surface area contributed by atoms with Crippen molar-refractivity contribution in [1.29, 1.82) is 0 Å². The number of nitrogens with two attached hydrogens (primary N) is 1. The van der Waals surface area contributed by atoms with Crippen LogP contribution in [0.4, 0.5) is 11.4 Å². The largest absolute Gasteiger partial charge is 0.493 e. The molecule has 1 aliphatic carbocycles. The highest BCUT2D eigenvalue weighted by molar-refractivity contribution is 6.11. The van der Waals surface area contributed by atoms with E-state index in [1.807, 2.05) is 56.3 Å². The number of carbonyl (C=O) groups excluding carboxylic acids is 3. The first-order valence-corrected chi connectivity index (χ1v) is 13.9. The van der Waals surface area contributed by atoms with E-state index in [0.717, 1.165) is 42.0 Å². The molecule has 1 saturated carbocycles. The normalized spacial score (nSPS) is 20.4. The summed E-state index contributed by atoms with van der Waals surface area (Å²) in [5.41, 5.74) is 9.83. The van der Waals surface area contributed by atoms with E-state index in [4.69, 9.17) is 15.2 Å². The number of ether oxygens (including phenoxy) is 2. The molecule has 2 aromatic carbocycles. The highest BCUT2D eigenvalue weighted by Crippen LogP contribution is 2.54. The molecule has 3 amide bonds. The predicted molar refractivity (Wildman–Crippen MR) is 149 cm³/mol. The lowest BCUT2D eigenvalue weighted by molar-refractivity contribution is -0.132. The molecule has 1 atom stereocenters. The molecule has 0 bridgehead atoms. The summed E-state index contributed by atoms with van der Waals surface area (Å²) in [6, 6.07) is 13.1. The number of hydrogen-bond acceptors (Lipinski definition) is 6. The summed E-state index contributed by atoms with van der Waals surface area (Å²) in [5, 5.41) is 4.59. The maximum atomic E-state index is 14.1. The van der Waals surface area contributed by atoms with E-state index in [9.17, 15) is 14.4 Å². The van der Waals surface area contributed by atoms with Crippen LogP contribution in [0.3, 0.4) is 0 Å². The standard InChI is InChI=1S/C28H27N5O5.C2H6/c1-16-26(35)31(11-13-37-16)18-2-4-19(5-3-18)32-15-28(9-10-28)22-23(25(29)34)30-33(24(22)27(32)36)20-6-7-21-17(14-20)8-12-38-21;1-2/h2-7,14,16H,8-13,15H2,1H3,(H2,29,34);1-2H3. The first-order valence-electron chi connectivity index (χ1n) is 13.9. The molecule has 3 aliphatic heterocycles. The van der Waals surface area contributed by atoms with E-state index in [-0.39, 0.29) is 22.9 Å². The van der Waals surface area contributed by atoms with Crippen molar-refractivity contribution in [2.45, 2.75) is 51.6 Å². The highest BCUT2D eigenvalue weighted by Gasteiger charge is 2.56. The summed E-state index contributed by atoms with van der Waals surface area (Å²) in [4.78, 5) is 42.6. The van der Waals surface area contributed by atoms with Gasteiger partial charge in [-0.25, -0.2) is 4.68 Å². The van der Waals surface area contributed by atoms with Crippen molar-refractivity contribution in [1.82, 2.24) is 9.78 Å². The monoisotopic (exact) mass is 543 g/mol. The second kappa shape index (κ2) is 9.78. The highest BCUT2D eigenvalue weighted by atomic mass is 16.5. The van der Waals surface area contributed by atoms with E-state index >= 15 is 0 Å². The number of aromatic nitrogens is 2. The van der Waals surface area contributed by atoms with E-state index < -0.39 is 12.0 Å². The minimum absolute atomic E-state index is 0.0812. The van der Waals surface area contributed by atoms with Gasteiger partial charge in [0.15, 0.2) is 5.69 Å². The molecule has 2 fully saturated rings. The van der Waals surface area contributed by atoms with E-state index in [1.54, 1.807) is 21.4 Å². The third kappa shape index (κ3) is 4.05. The molecule has 1 saturated heterocycles. The van der Waals surface area contributed by atoms with Gasteiger partial charge in [-0.3, -0.25) is 14.4 Å². The Balaban J connectivity index is 0.00000142. The second-order valence-corrected chi connectivity index (χ2v) is 10.4. The van der Waals surface area contributed by atoms with Crippen LogP contribution in [0.5, 0.6) is 5.75 Å². The number of rotatable bonds is 4. The quantitative estimate of drug-likeness (QED) is 0.539. The van der Waals surface area contributed by atoms with Crippen molar-refractivity contribution in [2.24, 2.45) is 5.73 Å². The van der Waals surface area contributed by atoms with Crippen molar-refractivity contribution in [3.8, 4) is 11.4 Å². The molecule has 7 rings (SSSR count). The van der Waals surface area contributed by atoms with Crippen molar-refractivity contribution in [3.05, 3.63) is 65.0 Å². The maximum absolute atomic E-state index is 14.1. The number of carbonyl (C=O) groups is 3. The molecule has 40 heavy (non-hydrogen) atoms. The molecule has 3 aromatic rings. The van der Waals surface area contributed by atoms with Crippen molar-refractivity contribution < 1.29 is 23.9 Å². The average Bonchev–Trinajstić information content (AvgIpc) is 3.38. The molecule has 208 valence electrons. The fourth-order valence-electron chi connectivity index (χ4n) is 5.92. The molecular formula is C30H33N5O5. The van der Waals surface area contributed by atoms with Gasteiger partial charge in [-0.05, 0) is 67.8 Å². The summed E-state index contributed by atoms with van der Waals surface area (Å²) in [5.74, 6) is -0.129. The van der Waals surface area contributed by atoms with Gasteiger partial charge in [0.2, 0.25) is 0 Å². The summed E-state index contributed by atoms with van der Waals surface area (Å²) in [6.45, 7) is 7.77. The molecule has 2 N–H and O–H groups in total. The SMILES string of the molecule is CC.CC1OCCN(c2ccc(N3CC4(CC4)c4c(C(N)=O)nn(-c5ccc6c(c5)CCO6)c4C3=O)cc2)C1=O. The van der Waals surface area contributed by atoms with Crippen LogP contribution in [0.25, 0.3) is 5.69 Å². The van der Waals surface area contributed by atoms with Gasteiger partial charge in [0, 0.05) is 41.9 Å². The van der Waals surface area contributed by atoms with E-state index in [1.165, 1.54) is 0 Å². The first kappa shape index (κ1) is 26.1. The van der Waals surface area contributed by atoms with E-state index in [2.05, 4.69) is 5.10 Å². The Morgan fingerprint density at radius 3 is 2.35 bits per heavy atom. The number of hydrogen-bond donors (Lipinski definition) is 1. The van der Waals surface area contributed by atoms with Gasteiger partial charge in [-0.2, -0.15) is 5.10 Å². The Labute approximate surface area is 232 Å². The molecule has 1 spiro atoms. The number of morpholine rings is 1. The van der Waals surface area contributed by atoms with Gasteiger partial charge < -0.3 is 25.0 Å². The fourth-order valence-corrected chi connectivity index (χ4v) is 5.92. The van der Waals surface area contributed by atoms with Gasteiger partial charge >= 0.3 is 0 Å². The third-order valence-electron chi connectivity index (χ3n) is 8.10. The maximum Gasteiger partial charge on any atom is 0.277 e. The molecule has 0 radical (unpaired) electrons. The number of primary amides is 1. The predicted octanol–water partition coefficient (Wildman–Crippen LogP) is 3.38. The van der Waals surface area contributed by atoms with Crippen LogP contribution in [0.1, 0.15) is 65.7 Å². The van der Waals surface area contributed by atoms with Crippen molar-refractivity contribution in [2.75, 3.05) is 36.1 Å². The molecule has 1 unspecified atom stereocenters. The Kier molecular flexibility index (Phi) is 6.37. The summed E-state index contributed by atoms with van der Waals surface area (Å²) >= 11 is 0. The van der Waals surface area contributed by atoms with Crippen LogP contribution in [0.15, 0.2) is 42.5 Å². The minimum Gasteiger partial charge on any atom is -0.493 e. The van der Waals surface area contributed by atoms with Crippen LogP contribution in [-0.4, -0.2) is 59.9 Å². The second-order valence-electron chi connectivity index (χ2n) is 10.4. The number of nitrogens with zero attached hydrogens (tertiary/aromatic N) is 4. The van der Waals surface area contributed by atoms with Crippen molar-refractivity contribution in [3.63, 3.8) is 0 Å². The lowest BCUT2D eigenvalue weighted by Crippen LogP contribution is -2.46. The number of fused-ring (bicyclic) bond motifs is 3. The molecule has 4 aliphatic rings. The van der Waals surface area contributed by atoms with Crippen LogP contribution in [0, 0.1) is 0 Å². The zero-order valence-corrected chi connectivity index (χ0v) is 23.0. The van der Waals surface area contributed by atoms with Gasteiger partial charge in [0.25, 0.3) is 17.7 Å². The zero-order chi connectivity index (χ0) is 28.2. The number of amides is 3. The topological polar surface area (TPSA) is 120 Å². The van der Waals surface area contributed by atoms with E-state index in [0.29, 0.717) is 43.2 Å². The summed E-state index contributed by atoms with van der Waals surface area (Å²) in [6.07, 6.45) is 1.97. The Hall–Kier alpha value is -4.18. The Morgan fingerprint density at radius 2 is 1.68 bits per heavy atom. The molecule has 10 nitrogen and oxygen atoms in total. The zero-order valence-electron chi connectivity index (χ0n) is 23.0. The lowest BCUT2D eigenvalue weighted by atomic mass is 9.88. The summed E-state index contributed by atoms with van der Waals surface area (Å²) in [7, 11) is 0. The third-order valence-corrected chi connectivity index (χ3v) is 8.10. The first-order chi connectivity index (χ1) is 19.4. The molecule has 10 heteroatoms. The fraction of sp³-hybridized carbons (Fsp3) is 0.400. The Bertz CT molecular complexity index is 1510. The van der Waals surface area contributed by atoms with Gasteiger partial charge in [0.1, 0.15) is 17.5 Å². The number of benzene rings is 2. The Morgan fingerprint density at radius 1 is 1.00 bits per heavy atom. The number of anilines is 2. The van der Waals surface area contributed by atoms with Crippen LogP contribution in [-0.2, 0) is 21.4 Å². The molecule has 1 aromatic heterocycles. The minimum atomic E-state index is -0.634. The van der Waals surface area contributed by atoms with Gasteiger partial charge in [0.05, 0.1) is 18.9 Å². The van der Waals surface area contributed by atoms with Crippen LogP contribution in [0.2, 0.25) is 0 Å².